The van der Waals surface area contributed by atoms with Gasteiger partial charge in [0.1, 0.15) is 5.75 Å². The zero-order valence-electron chi connectivity index (χ0n) is 18.2. The van der Waals surface area contributed by atoms with Crippen molar-refractivity contribution in [2.75, 3.05) is 13.2 Å². The number of carbonyl (C=O) groups excluding carboxylic acids is 1. The second-order valence-corrected chi connectivity index (χ2v) is 9.69. The van der Waals surface area contributed by atoms with Crippen molar-refractivity contribution in [3.63, 3.8) is 0 Å². The van der Waals surface area contributed by atoms with E-state index in [4.69, 9.17) is 9.15 Å². The van der Waals surface area contributed by atoms with E-state index in [9.17, 15) is 31.1 Å². The van der Waals surface area contributed by atoms with Gasteiger partial charge < -0.3 is 14.5 Å². The van der Waals surface area contributed by atoms with Gasteiger partial charge in [-0.25, -0.2) is 0 Å². The molecule has 190 valence electrons. The van der Waals surface area contributed by atoms with Gasteiger partial charge in [0.05, 0.1) is 17.6 Å². The van der Waals surface area contributed by atoms with Gasteiger partial charge in [0.15, 0.2) is 6.61 Å². The normalized spacial score (nSPS) is 29.5. The van der Waals surface area contributed by atoms with Crippen molar-refractivity contribution in [2.24, 2.45) is 5.92 Å². The first-order valence-corrected chi connectivity index (χ1v) is 11.0. The average molecular weight is 505 g/mol. The number of aromatic nitrogens is 2. The number of hydrogen-bond acceptors (Lipinski definition) is 6. The summed E-state index contributed by atoms with van der Waals surface area (Å²) in [6, 6.07) is 4.09. The summed E-state index contributed by atoms with van der Waals surface area (Å²) in [5.74, 6) is 0.377. The SMILES string of the molecule is O=C(COc1ccc(C(F)(F)F)cc1)NC12CC(c3nnc(C4CC(COC(F)(F)F)C4)o3)(C1)C2. The Morgan fingerprint density at radius 2 is 1.71 bits per heavy atom. The van der Waals surface area contributed by atoms with Gasteiger partial charge in [-0.15, -0.1) is 23.4 Å². The molecule has 6 rings (SSSR count). The van der Waals surface area contributed by atoms with E-state index in [2.05, 4.69) is 20.3 Å². The van der Waals surface area contributed by atoms with Crippen LogP contribution in [0.1, 0.15) is 55.4 Å². The molecule has 4 aliphatic rings. The number of carbonyl (C=O) groups is 1. The highest BCUT2D eigenvalue weighted by atomic mass is 19.4. The molecule has 4 aliphatic carbocycles. The van der Waals surface area contributed by atoms with Crippen LogP contribution in [-0.2, 0) is 21.1 Å². The second kappa shape index (κ2) is 8.10. The lowest BCUT2D eigenvalue weighted by Gasteiger charge is -2.68. The molecular formula is C22H21F6N3O4. The Morgan fingerprint density at radius 3 is 2.31 bits per heavy atom. The third kappa shape index (κ3) is 4.82. The van der Waals surface area contributed by atoms with Gasteiger partial charge in [-0.2, -0.15) is 13.2 Å². The largest absolute Gasteiger partial charge is 0.522 e. The van der Waals surface area contributed by atoms with Crippen molar-refractivity contribution in [3.8, 4) is 5.75 Å². The lowest BCUT2D eigenvalue weighted by atomic mass is 9.39. The van der Waals surface area contributed by atoms with Crippen LogP contribution in [0.15, 0.2) is 28.7 Å². The molecule has 4 saturated carbocycles. The first-order valence-electron chi connectivity index (χ1n) is 11.0. The summed E-state index contributed by atoms with van der Waals surface area (Å²) < 4.78 is 89.2. The number of alkyl halides is 6. The van der Waals surface area contributed by atoms with E-state index >= 15 is 0 Å². The first kappa shape index (κ1) is 23.9. The zero-order chi connectivity index (χ0) is 25.1. The van der Waals surface area contributed by atoms with Crippen molar-refractivity contribution in [3.05, 3.63) is 41.6 Å². The molecule has 1 heterocycles. The summed E-state index contributed by atoms with van der Waals surface area (Å²) in [5.41, 5.74) is -1.51. The molecule has 1 amide bonds. The fourth-order valence-electron chi connectivity index (χ4n) is 5.27. The highest BCUT2D eigenvalue weighted by Gasteiger charge is 2.72. The van der Waals surface area contributed by atoms with Crippen LogP contribution in [0.2, 0.25) is 0 Å². The summed E-state index contributed by atoms with van der Waals surface area (Å²) in [6.07, 6.45) is -6.26. The third-order valence-electron chi connectivity index (χ3n) is 6.95. The molecule has 0 aliphatic heterocycles. The summed E-state index contributed by atoms with van der Waals surface area (Å²) in [7, 11) is 0. The third-order valence-corrected chi connectivity index (χ3v) is 6.95. The molecule has 0 saturated heterocycles. The molecule has 4 fully saturated rings. The topological polar surface area (TPSA) is 86.5 Å². The van der Waals surface area contributed by atoms with Crippen molar-refractivity contribution in [1.29, 1.82) is 0 Å². The Kier molecular flexibility index (Phi) is 5.53. The number of benzene rings is 1. The number of halogens is 6. The molecule has 1 aromatic heterocycles. The summed E-state index contributed by atoms with van der Waals surface area (Å²) >= 11 is 0. The summed E-state index contributed by atoms with van der Waals surface area (Å²) in [4.78, 5) is 12.3. The molecule has 35 heavy (non-hydrogen) atoms. The highest BCUT2D eigenvalue weighted by molar-refractivity contribution is 5.79. The number of nitrogens with one attached hydrogen (secondary N) is 1. The summed E-state index contributed by atoms with van der Waals surface area (Å²) in [6.45, 7) is -0.707. The fraction of sp³-hybridized carbons (Fsp3) is 0.591. The second-order valence-electron chi connectivity index (χ2n) is 9.69. The lowest BCUT2D eigenvalue weighted by Crippen LogP contribution is -2.77. The Hall–Kier alpha value is -2.83. The van der Waals surface area contributed by atoms with E-state index in [1.54, 1.807) is 0 Å². The monoisotopic (exact) mass is 505 g/mol. The molecule has 0 unspecified atom stereocenters. The quantitative estimate of drug-likeness (QED) is 0.533. The smallest absolute Gasteiger partial charge is 0.484 e. The number of amides is 1. The van der Waals surface area contributed by atoms with Crippen LogP contribution in [0.4, 0.5) is 26.3 Å². The van der Waals surface area contributed by atoms with E-state index in [0.717, 1.165) is 24.3 Å². The molecule has 0 atom stereocenters. The van der Waals surface area contributed by atoms with Crippen LogP contribution in [0.3, 0.4) is 0 Å². The predicted octanol–water partition coefficient (Wildman–Crippen LogP) is 4.49. The maximum Gasteiger partial charge on any atom is 0.522 e. The van der Waals surface area contributed by atoms with Gasteiger partial charge in [-0.05, 0) is 62.3 Å². The average Bonchev–Trinajstić information content (AvgIpc) is 3.15. The molecule has 7 nitrogen and oxygen atoms in total. The van der Waals surface area contributed by atoms with Crippen LogP contribution in [0, 0.1) is 5.92 Å². The van der Waals surface area contributed by atoms with E-state index in [-0.39, 0.29) is 42.1 Å². The van der Waals surface area contributed by atoms with Crippen molar-refractivity contribution < 1.29 is 45.0 Å². The number of hydrogen-bond donors (Lipinski definition) is 1. The van der Waals surface area contributed by atoms with Crippen LogP contribution in [-0.4, -0.2) is 41.2 Å². The van der Waals surface area contributed by atoms with Gasteiger partial charge in [0, 0.05) is 11.5 Å². The molecule has 2 bridgehead atoms. The van der Waals surface area contributed by atoms with Crippen LogP contribution >= 0.6 is 0 Å². The summed E-state index contributed by atoms with van der Waals surface area (Å²) in [5, 5.41) is 11.1. The van der Waals surface area contributed by atoms with E-state index < -0.39 is 23.6 Å². The molecule has 1 N–H and O–H groups in total. The van der Waals surface area contributed by atoms with E-state index in [0.29, 0.717) is 43.9 Å². The van der Waals surface area contributed by atoms with Gasteiger partial charge in [-0.3, -0.25) is 9.53 Å². The van der Waals surface area contributed by atoms with E-state index in [1.807, 2.05) is 0 Å². The van der Waals surface area contributed by atoms with Gasteiger partial charge >= 0.3 is 12.5 Å². The Bertz CT molecular complexity index is 1070. The van der Waals surface area contributed by atoms with Crippen molar-refractivity contribution in [1.82, 2.24) is 15.5 Å². The van der Waals surface area contributed by atoms with Crippen LogP contribution < -0.4 is 10.1 Å². The van der Waals surface area contributed by atoms with Gasteiger partial charge in [-0.1, -0.05) is 0 Å². The molecule has 13 heteroatoms. The van der Waals surface area contributed by atoms with Gasteiger partial charge in [0.2, 0.25) is 11.8 Å². The minimum Gasteiger partial charge on any atom is -0.484 e. The lowest BCUT2D eigenvalue weighted by molar-refractivity contribution is -0.330. The van der Waals surface area contributed by atoms with Crippen molar-refractivity contribution in [2.45, 2.75) is 61.5 Å². The number of nitrogens with zero attached hydrogens (tertiary/aromatic N) is 2. The molecule has 1 aromatic carbocycles. The van der Waals surface area contributed by atoms with E-state index in [1.165, 1.54) is 0 Å². The molecule has 2 aromatic rings. The van der Waals surface area contributed by atoms with Crippen molar-refractivity contribution >= 4 is 5.91 Å². The van der Waals surface area contributed by atoms with Gasteiger partial charge in [0.25, 0.3) is 5.91 Å². The number of rotatable bonds is 8. The highest BCUT2D eigenvalue weighted by Crippen LogP contribution is 2.67. The standard InChI is InChI=1S/C22H21F6N3O4/c23-21(24,25)14-1-3-15(4-2-14)33-8-16(32)29-20-9-19(10-20,11-20)18-31-30-17(35-18)13-5-12(6-13)7-34-22(26,27)28/h1-4,12-13H,5-11H2,(H,29,32). The Labute approximate surface area is 195 Å². The maximum absolute atomic E-state index is 12.6. The first-order chi connectivity index (χ1) is 16.3. The maximum atomic E-state index is 12.6. The Morgan fingerprint density at radius 1 is 1.06 bits per heavy atom. The Balaban J connectivity index is 1.05. The van der Waals surface area contributed by atoms with Crippen LogP contribution in [0.5, 0.6) is 5.75 Å². The molecular weight excluding hydrogens is 484 g/mol. The fourth-order valence-corrected chi connectivity index (χ4v) is 5.27. The number of ether oxygens (including phenoxy) is 2. The zero-order valence-corrected chi connectivity index (χ0v) is 18.2. The minimum atomic E-state index is -4.63. The van der Waals surface area contributed by atoms with Crippen LogP contribution in [0.25, 0.3) is 0 Å². The predicted molar refractivity (Wildman–Crippen MR) is 105 cm³/mol. The molecule has 0 spiro atoms. The molecule has 0 radical (unpaired) electrons. The minimum absolute atomic E-state index is 0.0820.